The van der Waals surface area contributed by atoms with Gasteiger partial charge >= 0.3 is 0 Å². The van der Waals surface area contributed by atoms with E-state index < -0.39 is 0 Å². The number of hydrogen-bond acceptors (Lipinski definition) is 4. The van der Waals surface area contributed by atoms with E-state index in [0.717, 1.165) is 22.9 Å². The van der Waals surface area contributed by atoms with Crippen LogP contribution in [0.15, 0.2) is 18.2 Å². The van der Waals surface area contributed by atoms with Crippen LogP contribution in [-0.2, 0) is 13.6 Å². The number of fused-ring (bicyclic) bond motifs is 1. The normalized spacial score (nSPS) is 13.1. The molecule has 0 bridgehead atoms. The molecule has 0 aliphatic carbocycles. The lowest BCUT2D eigenvalue weighted by molar-refractivity contribution is 0.174. The fourth-order valence-electron chi connectivity index (χ4n) is 1.96. The maximum absolute atomic E-state index is 6.15. The lowest BCUT2D eigenvalue weighted by Crippen LogP contribution is -1.97. The molecule has 0 radical (unpaired) electrons. The standard InChI is InChI=1S/C12H12ClN3O2/c1-16-11(13)8(5-14)15-12(16)7-2-3-9-10(4-7)18-6-17-9/h2-4H,5-6,14H2,1H3. The molecule has 0 unspecified atom stereocenters. The van der Waals surface area contributed by atoms with Crippen LogP contribution in [0.3, 0.4) is 0 Å². The highest BCUT2D eigenvalue weighted by atomic mass is 35.5. The third-order valence-corrected chi connectivity index (χ3v) is 3.39. The first kappa shape index (κ1) is 11.4. The molecule has 0 amide bonds. The molecule has 0 spiro atoms. The van der Waals surface area contributed by atoms with Gasteiger partial charge in [0.05, 0.1) is 5.69 Å². The van der Waals surface area contributed by atoms with E-state index in [-0.39, 0.29) is 6.79 Å². The molecule has 1 aromatic carbocycles. The maximum Gasteiger partial charge on any atom is 0.231 e. The monoisotopic (exact) mass is 265 g/mol. The average Bonchev–Trinajstić information content (AvgIpc) is 2.95. The van der Waals surface area contributed by atoms with E-state index >= 15 is 0 Å². The topological polar surface area (TPSA) is 62.3 Å². The molecule has 2 N–H and O–H groups in total. The van der Waals surface area contributed by atoms with Crippen molar-refractivity contribution in [1.82, 2.24) is 9.55 Å². The Morgan fingerprint density at radius 2 is 2.17 bits per heavy atom. The molecule has 0 atom stereocenters. The summed E-state index contributed by atoms with van der Waals surface area (Å²) in [6.45, 7) is 0.575. The molecule has 0 fully saturated rings. The number of aromatic nitrogens is 2. The summed E-state index contributed by atoms with van der Waals surface area (Å²) in [4.78, 5) is 4.43. The zero-order chi connectivity index (χ0) is 12.7. The summed E-state index contributed by atoms with van der Waals surface area (Å²) in [5.41, 5.74) is 7.20. The van der Waals surface area contributed by atoms with Gasteiger partial charge in [0.15, 0.2) is 11.5 Å². The number of ether oxygens (including phenoxy) is 2. The summed E-state index contributed by atoms with van der Waals surface area (Å²) in [5, 5.41) is 0.560. The molecule has 1 aliphatic rings. The van der Waals surface area contributed by atoms with Crippen LogP contribution < -0.4 is 15.2 Å². The minimum atomic E-state index is 0.258. The molecule has 6 heteroatoms. The van der Waals surface area contributed by atoms with Gasteiger partial charge in [0.2, 0.25) is 6.79 Å². The molecule has 0 saturated heterocycles. The van der Waals surface area contributed by atoms with Crippen LogP contribution in [0, 0.1) is 0 Å². The van der Waals surface area contributed by atoms with Gasteiger partial charge in [-0.25, -0.2) is 4.98 Å². The minimum Gasteiger partial charge on any atom is -0.454 e. The first-order chi connectivity index (χ1) is 8.70. The molecule has 94 valence electrons. The number of nitrogens with zero attached hydrogens (tertiary/aromatic N) is 2. The first-order valence-electron chi connectivity index (χ1n) is 5.52. The number of benzene rings is 1. The van der Waals surface area contributed by atoms with Crippen molar-refractivity contribution >= 4 is 11.6 Å². The molecule has 2 heterocycles. The van der Waals surface area contributed by atoms with E-state index in [1.165, 1.54) is 0 Å². The van der Waals surface area contributed by atoms with Crippen LogP contribution in [0.25, 0.3) is 11.4 Å². The Balaban J connectivity index is 2.10. The van der Waals surface area contributed by atoms with Gasteiger partial charge in [0, 0.05) is 19.2 Å². The molecule has 18 heavy (non-hydrogen) atoms. The van der Waals surface area contributed by atoms with Gasteiger partial charge in [-0.3, -0.25) is 0 Å². The average molecular weight is 266 g/mol. The highest BCUT2D eigenvalue weighted by Gasteiger charge is 2.18. The fraction of sp³-hybridized carbons (Fsp3) is 0.250. The SMILES string of the molecule is Cn1c(-c2ccc3c(c2)OCO3)nc(CN)c1Cl. The van der Waals surface area contributed by atoms with Gasteiger partial charge in [0.1, 0.15) is 11.0 Å². The summed E-state index contributed by atoms with van der Waals surface area (Å²) < 4.78 is 12.4. The molecule has 3 rings (SSSR count). The van der Waals surface area contributed by atoms with Crippen LogP contribution in [-0.4, -0.2) is 16.3 Å². The summed E-state index contributed by atoms with van der Waals surface area (Å²) in [6.07, 6.45) is 0. The van der Waals surface area contributed by atoms with Gasteiger partial charge in [-0.1, -0.05) is 11.6 Å². The number of hydrogen-bond donors (Lipinski definition) is 1. The number of halogens is 1. The molecule has 2 aromatic rings. The molecule has 0 saturated carbocycles. The Bertz CT molecular complexity index is 610. The highest BCUT2D eigenvalue weighted by Crippen LogP contribution is 2.36. The molecule has 5 nitrogen and oxygen atoms in total. The second-order valence-electron chi connectivity index (χ2n) is 4.00. The lowest BCUT2D eigenvalue weighted by Gasteiger charge is -2.03. The van der Waals surface area contributed by atoms with Crippen molar-refractivity contribution in [2.45, 2.75) is 6.54 Å². The van der Waals surface area contributed by atoms with Crippen LogP contribution in [0.2, 0.25) is 5.15 Å². The van der Waals surface area contributed by atoms with Gasteiger partial charge in [-0.05, 0) is 18.2 Å². The molecule has 1 aliphatic heterocycles. The van der Waals surface area contributed by atoms with Crippen molar-refractivity contribution in [3.63, 3.8) is 0 Å². The third kappa shape index (κ3) is 1.63. The highest BCUT2D eigenvalue weighted by molar-refractivity contribution is 6.30. The van der Waals surface area contributed by atoms with Crippen molar-refractivity contribution < 1.29 is 9.47 Å². The maximum atomic E-state index is 6.15. The van der Waals surface area contributed by atoms with Gasteiger partial charge in [-0.15, -0.1) is 0 Å². The van der Waals surface area contributed by atoms with Crippen molar-refractivity contribution in [3.05, 3.63) is 29.0 Å². The lowest BCUT2D eigenvalue weighted by atomic mass is 10.2. The Hall–Kier alpha value is -1.72. The number of imidazole rings is 1. The fourth-order valence-corrected chi connectivity index (χ4v) is 2.16. The quantitative estimate of drug-likeness (QED) is 0.901. The Labute approximate surface area is 109 Å². The van der Waals surface area contributed by atoms with Gasteiger partial charge < -0.3 is 19.8 Å². The van der Waals surface area contributed by atoms with Crippen molar-refractivity contribution in [2.24, 2.45) is 12.8 Å². The summed E-state index contributed by atoms with van der Waals surface area (Å²) in [7, 11) is 1.86. The Morgan fingerprint density at radius 3 is 2.89 bits per heavy atom. The Kier molecular flexibility index (Phi) is 2.65. The third-order valence-electron chi connectivity index (χ3n) is 2.92. The van der Waals surface area contributed by atoms with Crippen molar-refractivity contribution in [2.75, 3.05) is 6.79 Å². The van der Waals surface area contributed by atoms with Gasteiger partial charge in [0.25, 0.3) is 0 Å². The second-order valence-corrected chi connectivity index (χ2v) is 4.36. The molecule has 1 aromatic heterocycles. The van der Waals surface area contributed by atoms with Crippen molar-refractivity contribution in [1.29, 1.82) is 0 Å². The van der Waals surface area contributed by atoms with E-state index in [2.05, 4.69) is 4.98 Å². The van der Waals surface area contributed by atoms with Crippen LogP contribution >= 0.6 is 11.6 Å². The van der Waals surface area contributed by atoms with E-state index in [4.69, 9.17) is 26.8 Å². The predicted octanol–water partition coefficient (Wildman–Crippen LogP) is 1.93. The number of nitrogens with two attached hydrogens (primary N) is 1. The van der Waals surface area contributed by atoms with E-state index in [0.29, 0.717) is 17.4 Å². The predicted molar refractivity (Wildman–Crippen MR) is 67.7 cm³/mol. The summed E-state index contributed by atoms with van der Waals surface area (Å²) >= 11 is 6.15. The molecular weight excluding hydrogens is 254 g/mol. The first-order valence-corrected chi connectivity index (χ1v) is 5.89. The summed E-state index contributed by atoms with van der Waals surface area (Å²) in [6, 6.07) is 5.68. The van der Waals surface area contributed by atoms with Crippen LogP contribution in [0.1, 0.15) is 5.69 Å². The minimum absolute atomic E-state index is 0.258. The van der Waals surface area contributed by atoms with Gasteiger partial charge in [-0.2, -0.15) is 0 Å². The van der Waals surface area contributed by atoms with E-state index in [1.807, 2.05) is 25.2 Å². The number of rotatable bonds is 2. The second kappa shape index (κ2) is 4.19. The van der Waals surface area contributed by atoms with E-state index in [9.17, 15) is 0 Å². The van der Waals surface area contributed by atoms with Crippen LogP contribution in [0.4, 0.5) is 0 Å². The molecular formula is C12H12ClN3O2. The van der Waals surface area contributed by atoms with Crippen LogP contribution in [0.5, 0.6) is 11.5 Å². The zero-order valence-electron chi connectivity index (χ0n) is 9.81. The van der Waals surface area contributed by atoms with E-state index in [1.54, 1.807) is 4.57 Å². The Morgan fingerprint density at radius 1 is 1.39 bits per heavy atom. The summed E-state index contributed by atoms with van der Waals surface area (Å²) in [5.74, 6) is 2.23. The smallest absolute Gasteiger partial charge is 0.231 e. The largest absolute Gasteiger partial charge is 0.454 e. The zero-order valence-corrected chi connectivity index (χ0v) is 10.6. The van der Waals surface area contributed by atoms with Crippen molar-refractivity contribution in [3.8, 4) is 22.9 Å².